The summed E-state index contributed by atoms with van der Waals surface area (Å²) >= 11 is 0. The van der Waals surface area contributed by atoms with Crippen LogP contribution in [-0.2, 0) is 14.8 Å². The van der Waals surface area contributed by atoms with Crippen LogP contribution >= 0.6 is 0 Å². The summed E-state index contributed by atoms with van der Waals surface area (Å²) < 4.78 is 25.8. The van der Waals surface area contributed by atoms with Gasteiger partial charge in [-0.2, -0.15) is 0 Å². The Morgan fingerprint density at radius 2 is 1.83 bits per heavy atom. The standard InChI is InChI=1S/C24H30N2O3S/c1-17-10-11-20(21(15-17)18-7-4-3-5-8-18)22-16-23(22)24(27)26-13-6-9-19(12-14-26)25-30(2,28)29/h3-5,7-8,10-11,15,19,22-23,25H,6,9,12-14,16H2,1-2H3. The van der Waals surface area contributed by atoms with Crippen molar-refractivity contribution in [1.82, 2.24) is 9.62 Å². The average molecular weight is 427 g/mol. The van der Waals surface area contributed by atoms with Crippen LogP contribution in [0.2, 0.25) is 0 Å². The van der Waals surface area contributed by atoms with E-state index in [4.69, 9.17) is 0 Å². The number of sulfonamides is 1. The Kier molecular flexibility index (Phi) is 5.98. The molecule has 3 atom stereocenters. The van der Waals surface area contributed by atoms with Crippen LogP contribution < -0.4 is 4.72 Å². The highest BCUT2D eigenvalue weighted by atomic mass is 32.2. The minimum absolute atomic E-state index is 0.0367. The molecule has 6 heteroatoms. The van der Waals surface area contributed by atoms with Crippen molar-refractivity contribution in [2.24, 2.45) is 5.92 Å². The molecule has 0 radical (unpaired) electrons. The van der Waals surface area contributed by atoms with Gasteiger partial charge < -0.3 is 4.90 Å². The first-order valence-corrected chi connectivity index (χ1v) is 12.6. The molecule has 1 saturated carbocycles. The van der Waals surface area contributed by atoms with Crippen LogP contribution in [0.1, 0.15) is 42.7 Å². The number of hydrogen-bond donors (Lipinski definition) is 1. The fraction of sp³-hybridized carbons (Fsp3) is 0.458. The Hall–Kier alpha value is -2.18. The molecule has 1 amide bonds. The van der Waals surface area contributed by atoms with Crippen molar-refractivity contribution in [2.45, 2.75) is 44.6 Å². The second kappa shape index (κ2) is 8.52. The lowest BCUT2D eigenvalue weighted by molar-refractivity contribution is -0.132. The molecule has 30 heavy (non-hydrogen) atoms. The van der Waals surface area contributed by atoms with E-state index in [0.717, 1.165) is 19.3 Å². The van der Waals surface area contributed by atoms with E-state index in [1.54, 1.807) is 0 Å². The third-order valence-electron chi connectivity index (χ3n) is 6.22. The van der Waals surface area contributed by atoms with Crippen molar-refractivity contribution in [2.75, 3.05) is 19.3 Å². The predicted molar refractivity (Wildman–Crippen MR) is 120 cm³/mol. The molecule has 0 spiro atoms. The predicted octanol–water partition coefficient (Wildman–Crippen LogP) is 3.70. The van der Waals surface area contributed by atoms with E-state index >= 15 is 0 Å². The van der Waals surface area contributed by atoms with Crippen LogP contribution in [0.4, 0.5) is 0 Å². The molecular formula is C24H30N2O3S. The normalized spacial score (nSPS) is 24.3. The Labute approximate surface area is 179 Å². The molecular weight excluding hydrogens is 396 g/mol. The van der Waals surface area contributed by atoms with Crippen LogP contribution in [0.3, 0.4) is 0 Å². The zero-order valence-electron chi connectivity index (χ0n) is 17.7. The highest BCUT2D eigenvalue weighted by Crippen LogP contribution is 2.51. The van der Waals surface area contributed by atoms with Crippen molar-refractivity contribution >= 4 is 15.9 Å². The van der Waals surface area contributed by atoms with Gasteiger partial charge in [-0.1, -0.05) is 54.1 Å². The summed E-state index contributed by atoms with van der Waals surface area (Å²) in [6.45, 7) is 3.43. The maximum absolute atomic E-state index is 13.2. The molecule has 1 N–H and O–H groups in total. The van der Waals surface area contributed by atoms with Gasteiger partial charge in [0.25, 0.3) is 0 Å². The monoisotopic (exact) mass is 426 g/mol. The average Bonchev–Trinajstić information content (AvgIpc) is 3.51. The van der Waals surface area contributed by atoms with Crippen LogP contribution in [0.15, 0.2) is 48.5 Å². The van der Waals surface area contributed by atoms with E-state index in [9.17, 15) is 13.2 Å². The number of carbonyl (C=O) groups excluding carboxylic acids is 1. The van der Waals surface area contributed by atoms with Gasteiger partial charge in [0.1, 0.15) is 0 Å². The molecule has 1 aliphatic heterocycles. The van der Waals surface area contributed by atoms with Gasteiger partial charge in [-0.15, -0.1) is 0 Å². The number of rotatable bonds is 5. The first kappa shape index (κ1) is 21.1. The first-order chi connectivity index (χ1) is 14.3. The number of benzene rings is 2. The number of nitrogens with one attached hydrogen (secondary N) is 1. The molecule has 1 aliphatic carbocycles. The maximum Gasteiger partial charge on any atom is 0.226 e. The number of amides is 1. The third kappa shape index (κ3) is 4.93. The molecule has 1 saturated heterocycles. The largest absolute Gasteiger partial charge is 0.342 e. The second-order valence-corrected chi connectivity index (χ2v) is 10.5. The third-order valence-corrected chi connectivity index (χ3v) is 6.98. The van der Waals surface area contributed by atoms with Gasteiger partial charge >= 0.3 is 0 Å². The lowest BCUT2D eigenvalue weighted by atomic mass is 9.94. The smallest absolute Gasteiger partial charge is 0.226 e. The summed E-state index contributed by atoms with van der Waals surface area (Å²) in [5.74, 6) is 0.524. The van der Waals surface area contributed by atoms with E-state index in [0.29, 0.717) is 19.5 Å². The fourth-order valence-electron chi connectivity index (χ4n) is 4.64. The van der Waals surface area contributed by atoms with E-state index < -0.39 is 10.0 Å². The molecule has 2 fully saturated rings. The van der Waals surface area contributed by atoms with Gasteiger partial charge in [0, 0.05) is 25.0 Å². The Morgan fingerprint density at radius 3 is 2.57 bits per heavy atom. The Bertz CT molecular complexity index is 1020. The molecule has 2 aromatic carbocycles. The number of likely N-dealkylation sites (tertiary alicyclic amines) is 1. The van der Waals surface area contributed by atoms with E-state index in [2.05, 4.69) is 54.1 Å². The zero-order chi connectivity index (χ0) is 21.3. The van der Waals surface area contributed by atoms with E-state index in [1.165, 1.54) is 28.5 Å². The summed E-state index contributed by atoms with van der Waals surface area (Å²) in [5.41, 5.74) is 4.90. The summed E-state index contributed by atoms with van der Waals surface area (Å²) in [6, 6.07) is 16.8. The molecule has 1 heterocycles. The minimum Gasteiger partial charge on any atom is -0.342 e. The molecule has 0 aromatic heterocycles. The Balaban J connectivity index is 1.46. The molecule has 2 aliphatic rings. The van der Waals surface area contributed by atoms with Crippen LogP contribution in [0.25, 0.3) is 11.1 Å². The maximum atomic E-state index is 13.2. The van der Waals surface area contributed by atoms with Crippen molar-refractivity contribution in [3.05, 3.63) is 59.7 Å². The van der Waals surface area contributed by atoms with Crippen molar-refractivity contribution in [1.29, 1.82) is 0 Å². The summed E-state index contributed by atoms with van der Waals surface area (Å²) in [4.78, 5) is 15.1. The minimum atomic E-state index is -3.21. The van der Waals surface area contributed by atoms with Crippen molar-refractivity contribution in [3.63, 3.8) is 0 Å². The SMILES string of the molecule is Cc1ccc(C2CC2C(=O)N2CCCC(NS(C)(=O)=O)CC2)c(-c2ccccc2)c1. The Morgan fingerprint density at radius 1 is 1.07 bits per heavy atom. The number of nitrogens with zero attached hydrogens (tertiary/aromatic N) is 1. The highest BCUT2D eigenvalue weighted by molar-refractivity contribution is 7.88. The summed E-state index contributed by atoms with van der Waals surface area (Å²) in [5, 5.41) is 0. The van der Waals surface area contributed by atoms with Crippen molar-refractivity contribution in [3.8, 4) is 11.1 Å². The van der Waals surface area contributed by atoms with E-state index in [1.807, 2.05) is 11.0 Å². The van der Waals surface area contributed by atoms with Gasteiger partial charge in [0.15, 0.2) is 0 Å². The summed E-state index contributed by atoms with van der Waals surface area (Å²) in [7, 11) is -3.21. The molecule has 5 nitrogen and oxygen atoms in total. The van der Waals surface area contributed by atoms with E-state index in [-0.39, 0.29) is 23.8 Å². The number of hydrogen-bond acceptors (Lipinski definition) is 3. The van der Waals surface area contributed by atoms with Crippen LogP contribution in [-0.4, -0.2) is 44.6 Å². The fourth-order valence-corrected chi connectivity index (χ4v) is 5.49. The molecule has 160 valence electrons. The molecule has 0 bridgehead atoms. The second-order valence-electron chi connectivity index (χ2n) is 8.75. The lowest BCUT2D eigenvalue weighted by Gasteiger charge is -2.21. The lowest BCUT2D eigenvalue weighted by Crippen LogP contribution is -2.36. The quantitative estimate of drug-likeness (QED) is 0.793. The molecule has 2 aromatic rings. The van der Waals surface area contributed by atoms with Gasteiger partial charge in [-0.05, 0) is 55.2 Å². The topological polar surface area (TPSA) is 66.5 Å². The molecule has 4 rings (SSSR count). The number of aryl methyl sites for hydroxylation is 1. The summed E-state index contributed by atoms with van der Waals surface area (Å²) in [6.07, 6.45) is 4.37. The van der Waals surface area contributed by atoms with Crippen molar-refractivity contribution < 1.29 is 13.2 Å². The zero-order valence-corrected chi connectivity index (χ0v) is 18.5. The van der Waals surface area contributed by atoms with Crippen LogP contribution in [0, 0.1) is 12.8 Å². The first-order valence-electron chi connectivity index (χ1n) is 10.7. The van der Waals surface area contributed by atoms with Crippen LogP contribution in [0.5, 0.6) is 0 Å². The number of carbonyl (C=O) groups is 1. The highest BCUT2D eigenvalue weighted by Gasteiger charge is 2.46. The van der Waals surface area contributed by atoms with Gasteiger partial charge in [0.2, 0.25) is 15.9 Å². The van der Waals surface area contributed by atoms with Gasteiger partial charge in [0.05, 0.1) is 6.26 Å². The van der Waals surface area contributed by atoms with Gasteiger partial charge in [-0.3, -0.25) is 4.79 Å². The molecule has 3 unspecified atom stereocenters. The van der Waals surface area contributed by atoms with Gasteiger partial charge in [-0.25, -0.2) is 13.1 Å².